The van der Waals surface area contributed by atoms with E-state index in [2.05, 4.69) is 16.2 Å². The number of nitrogens with zero attached hydrogens (tertiary/aromatic N) is 6. The Kier molecular flexibility index (Phi) is 5.47. The van der Waals surface area contributed by atoms with Crippen molar-refractivity contribution in [1.29, 1.82) is 5.26 Å². The number of rotatable bonds is 5. The van der Waals surface area contributed by atoms with E-state index in [1.807, 2.05) is 64.9 Å². The zero-order valence-electron chi connectivity index (χ0n) is 18.3. The molecule has 1 aliphatic rings. The van der Waals surface area contributed by atoms with Crippen LogP contribution in [0.1, 0.15) is 40.1 Å². The van der Waals surface area contributed by atoms with Crippen molar-refractivity contribution in [3.63, 3.8) is 0 Å². The monoisotopic (exact) mass is 438 g/mol. The van der Waals surface area contributed by atoms with Crippen LogP contribution in [0.15, 0.2) is 55.0 Å². The molecular formula is C25H22N6O2. The number of imidazole rings is 1. The molecule has 5 rings (SSSR count). The molecule has 1 atom stereocenters. The first kappa shape index (κ1) is 20.7. The zero-order valence-corrected chi connectivity index (χ0v) is 18.3. The van der Waals surface area contributed by atoms with E-state index in [-0.39, 0.29) is 6.10 Å². The molecule has 2 aromatic heterocycles. The van der Waals surface area contributed by atoms with Crippen LogP contribution in [0.2, 0.25) is 0 Å². The lowest BCUT2D eigenvalue weighted by molar-refractivity contribution is 0.0390. The van der Waals surface area contributed by atoms with Crippen LogP contribution in [-0.2, 0) is 11.3 Å². The Hall–Kier alpha value is -4.22. The normalized spacial score (nSPS) is 15.4. The van der Waals surface area contributed by atoms with Crippen molar-refractivity contribution < 1.29 is 9.47 Å². The van der Waals surface area contributed by atoms with Gasteiger partial charge in [0.2, 0.25) is 0 Å². The van der Waals surface area contributed by atoms with Crippen LogP contribution in [0.4, 0.5) is 0 Å². The molecule has 0 saturated carbocycles. The first-order valence-corrected chi connectivity index (χ1v) is 10.6. The van der Waals surface area contributed by atoms with Crippen LogP contribution < -0.4 is 4.74 Å². The van der Waals surface area contributed by atoms with Crippen molar-refractivity contribution in [1.82, 2.24) is 24.3 Å². The van der Waals surface area contributed by atoms with E-state index >= 15 is 0 Å². The van der Waals surface area contributed by atoms with Crippen molar-refractivity contribution in [3.8, 4) is 17.5 Å². The summed E-state index contributed by atoms with van der Waals surface area (Å²) in [5.41, 5.74) is 4.41. The van der Waals surface area contributed by atoms with Gasteiger partial charge >= 0.3 is 0 Å². The number of benzene rings is 2. The summed E-state index contributed by atoms with van der Waals surface area (Å²) >= 11 is 0. The van der Waals surface area contributed by atoms with Crippen LogP contribution in [-0.4, -0.2) is 38.0 Å². The van der Waals surface area contributed by atoms with E-state index in [0.29, 0.717) is 24.5 Å². The molecule has 8 nitrogen and oxygen atoms in total. The minimum absolute atomic E-state index is 0.306. The standard InChI is InChI=1S/C25H22N6O2/c1-17-15-30(16-27-17)21-9-5-18(13-22(21)32-2)6-10-23-28-25-24(33-12-11-31(25)29-23)20-7-3-19(14-26)4-8-20/h3-10,13,15-16,24H,11-12H2,1-2H3/t24-/m1/s1. The van der Waals surface area contributed by atoms with Crippen LogP contribution in [0.5, 0.6) is 5.75 Å². The molecule has 164 valence electrons. The summed E-state index contributed by atoms with van der Waals surface area (Å²) in [6.45, 7) is 3.15. The number of aryl methyl sites for hydroxylation is 1. The summed E-state index contributed by atoms with van der Waals surface area (Å²) in [7, 11) is 1.66. The molecule has 0 radical (unpaired) electrons. The average molecular weight is 438 g/mol. The van der Waals surface area contributed by atoms with E-state index in [1.165, 1.54) is 0 Å². The Morgan fingerprint density at radius 1 is 1.18 bits per heavy atom. The fourth-order valence-corrected chi connectivity index (χ4v) is 3.85. The van der Waals surface area contributed by atoms with Gasteiger partial charge in [0, 0.05) is 6.20 Å². The van der Waals surface area contributed by atoms with Gasteiger partial charge in [0.15, 0.2) is 11.6 Å². The Morgan fingerprint density at radius 3 is 2.76 bits per heavy atom. The molecule has 0 aliphatic carbocycles. The van der Waals surface area contributed by atoms with Crippen molar-refractivity contribution in [3.05, 3.63) is 89.0 Å². The van der Waals surface area contributed by atoms with Crippen molar-refractivity contribution in [2.75, 3.05) is 13.7 Å². The second-order valence-electron chi connectivity index (χ2n) is 7.72. The maximum atomic E-state index is 9.03. The zero-order chi connectivity index (χ0) is 22.8. The number of methoxy groups -OCH3 is 1. The van der Waals surface area contributed by atoms with Gasteiger partial charge in [-0.05, 0) is 48.4 Å². The highest BCUT2D eigenvalue weighted by Crippen LogP contribution is 2.29. The molecule has 2 aromatic carbocycles. The van der Waals surface area contributed by atoms with E-state index in [0.717, 1.165) is 34.1 Å². The van der Waals surface area contributed by atoms with Crippen LogP contribution in [0.25, 0.3) is 17.8 Å². The third kappa shape index (κ3) is 4.14. The number of aromatic nitrogens is 5. The molecule has 0 bridgehead atoms. The third-order valence-electron chi connectivity index (χ3n) is 5.50. The molecular weight excluding hydrogens is 416 g/mol. The first-order chi connectivity index (χ1) is 16.1. The maximum absolute atomic E-state index is 9.03. The summed E-state index contributed by atoms with van der Waals surface area (Å²) in [6.07, 6.45) is 7.27. The molecule has 0 spiro atoms. The van der Waals surface area contributed by atoms with Crippen LogP contribution >= 0.6 is 0 Å². The van der Waals surface area contributed by atoms with Gasteiger partial charge in [-0.15, -0.1) is 0 Å². The lowest BCUT2D eigenvalue weighted by atomic mass is 10.1. The number of hydrogen-bond acceptors (Lipinski definition) is 6. The Balaban J connectivity index is 1.40. The number of ether oxygens (including phenoxy) is 2. The van der Waals surface area contributed by atoms with Gasteiger partial charge in [-0.25, -0.2) is 14.6 Å². The number of hydrogen-bond donors (Lipinski definition) is 0. The highest BCUT2D eigenvalue weighted by Gasteiger charge is 2.26. The quantitative estimate of drug-likeness (QED) is 0.469. The van der Waals surface area contributed by atoms with Gasteiger partial charge in [0.1, 0.15) is 11.9 Å². The highest BCUT2D eigenvalue weighted by atomic mass is 16.5. The topological polar surface area (TPSA) is 90.8 Å². The minimum atomic E-state index is -0.306. The molecule has 0 amide bonds. The van der Waals surface area contributed by atoms with Crippen molar-refractivity contribution in [2.24, 2.45) is 0 Å². The van der Waals surface area contributed by atoms with Gasteiger partial charge in [-0.1, -0.05) is 24.3 Å². The van der Waals surface area contributed by atoms with Crippen LogP contribution in [0.3, 0.4) is 0 Å². The second kappa shape index (κ2) is 8.73. The fourth-order valence-electron chi connectivity index (χ4n) is 3.85. The lowest BCUT2D eigenvalue weighted by Crippen LogP contribution is -2.23. The summed E-state index contributed by atoms with van der Waals surface area (Å²) in [5.74, 6) is 2.12. The predicted molar refractivity (Wildman–Crippen MR) is 123 cm³/mol. The van der Waals surface area contributed by atoms with Gasteiger partial charge in [-0.3, -0.25) is 0 Å². The Morgan fingerprint density at radius 2 is 2.03 bits per heavy atom. The maximum Gasteiger partial charge on any atom is 0.174 e. The van der Waals surface area contributed by atoms with E-state index in [9.17, 15) is 0 Å². The minimum Gasteiger partial charge on any atom is -0.495 e. The molecule has 0 N–H and O–H groups in total. The largest absolute Gasteiger partial charge is 0.495 e. The third-order valence-corrected chi connectivity index (χ3v) is 5.50. The SMILES string of the molecule is COc1cc(C=Cc2nc3n(n2)CCO[C@@H]3c2ccc(C#N)cc2)ccc1-n1cnc(C)c1. The average Bonchev–Trinajstić information content (AvgIpc) is 3.48. The first-order valence-electron chi connectivity index (χ1n) is 10.6. The molecule has 33 heavy (non-hydrogen) atoms. The summed E-state index contributed by atoms with van der Waals surface area (Å²) < 4.78 is 15.4. The summed E-state index contributed by atoms with van der Waals surface area (Å²) in [5, 5.41) is 13.7. The molecule has 0 saturated heterocycles. The Labute approximate surface area is 191 Å². The highest BCUT2D eigenvalue weighted by molar-refractivity contribution is 5.69. The van der Waals surface area contributed by atoms with Gasteiger partial charge in [0.25, 0.3) is 0 Å². The van der Waals surface area contributed by atoms with Gasteiger partial charge in [0.05, 0.1) is 49.6 Å². The molecule has 4 aromatic rings. The Bertz CT molecular complexity index is 1360. The molecule has 1 aliphatic heterocycles. The molecule has 0 unspecified atom stereocenters. The van der Waals surface area contributed by atoms with Gasteiger partial charge < -0.3 is 14.0 Å². The second-order valence-corrected chi connectivity index (χ2v) is 7.72. The predicted octanol–water partition coefficient (Wildman–Crippen LogP) is 3.94. The smallest absolute Gasteiger partial charge is 0.174 e. The molecule has 8 heteroatoms. The van der Waals surface area contributed by atoms with Crippen LogP contribution in [0, 0.1) is 18.3 Å². The van der Waals surface area contributed by atoms with Crippen molar-refractivity contribution >= 4 is 12.2 Å². The number of nitriles is 1. The summed E-state index contributed by atoms with van der Waals surface area (Å²) in [4.78, 5) is 8.99. The van der Waals surface area contributed by atoms with Crippen molar-refractivity contribution in [2.45, 2.75) is 19.6 Å². The molecule has 3 heterocycles. The van der Waals surface area contributed by atoms with E-state index < -0.39 is 0 Å². The number of fused-ring (bicyclic) bond motifs is 1. The lowest BCUT2D eigenvalue weighted by Gasteiger charge is -2.23. The summed E-state index contributed by atoms with van der Waals surface area (Å²) in [6, 6.07) is 15.5. The van der Waals surface area contributed by atoms with E-state index in [1.54, 1.807) is 25.6 Å². The van der Waals surface area contributed by atoms with E-state index in [4.69, 9.17) is 19.7 Å². The fraction of sp³-hybridized carbons (Fsp3) is 0.200. The van der Waals surface area contributed by atoms with Gasteiger partial charge in [-0.2, -0.15) is 10.4 Å². The molecule has 0 fully saturated rings.